The summed E-state index contributed by atoms with van der Waals surface area (Å²) in [5, 5.41) is 4.20. The summed E-state index contributed by atoms with van der Waals surface area (Å²) in [5.41, 5.74) is 3.38. The van der Waals surface area contributed by atoms with E-state index in [1.54, 1.807) is 0 Å². The molecule has 3 heterocycles. The zero-order valence-electron chi connectivity index (χ0n) is 16.6. The number of piperidine rings is 1. The van der Waals surface area contributed by atoms with E-state index < -0.39 is 0 Å². The second-order valence-electron chi connectivity index (χ2n) is 8.85. The minimum absolute atomic E-state index is 0.0805. The number of nitrogens with zero attached hydrogens (tertiary/aromatic N) is 1. The molecule has 2 N–H and O–H groups in total. The van der Waals surface area contributed by atoms with Gasteiger partial charge in [-0.3, -0.25) is 5.32 Å². The van der Waals surface area contributed by atoms with Gasteiger partial charge in [0.05, 0.1) is 0 Å². The Morgan fingerprint density at radius 3 is 2.86 bits per heavy atom. The first-order valence-electron chi connectivity index (χ1n) is 11.1. The molecule has 5 nitrogen and oxygen atoms in total. The minimum Gasteiger partial charge on any atom is -0.446 e. The number of carbonyl (C=O) groups is 1. The van der Waals surface area contributed by atoms with Gasteiger partial charge < -0.3 is 14.6 Å². The number of H-pyrrole nitrogens is 1. The Balaban J connectivity index is 1.30. The van der Waals surface area contributed by atoms with Gasteiger partial charge in [-0.25, -0.2) is 4.79 Å². The molecule has 2 aliphatic heterocycles. The largest absolute Gasteiger partial charge is 0.446 e. The van der Waals surface area contributed by atoms with Crippen LogP contribution in [-0.4, -0.2) is 41.2 Å². The van der Waals surface area contributed by atoms with Crippen molar-refractivity contribution < 1.29 is 9.53 Å². The van der Waals surface area contributed by atoms with Crippen molar-refractivity contribution in [3.05, 3.63) is 30.0 Å². The van der Waals surface area contributed by atoms with Crippen molar-refractivity contribution in [2.24, 2.45) is 0 Å². The number of rotatable bonds is 3. The van der Waals surface area contributed by atoms with E-state index in [4.69, 9.17) is 4.74 Å². The molecule has 1 aromatic carbocycles. The number of nitrogens with one attached hydrogen (secondary N) is 2. The smallest absolute Gasteiger partial charge is 0.411 e. The third kappa shape index (κ3) is 3.64. The van der Waals surface area contributed by atoms with E-state index in [-0.39, 0.29) is 12.2 Å². The number of ether oxygens (including phenoxy) is 1. The molecule has 5 heteroatoms. The van der Waals surface area contributed by atoms with E-state index in [0.29, 0.717) is 5.92 Å². The van der Waals surface area contributed by atoms with E-state index in [9.17, 15) is 4.79 Å². The van der Waals surface area contributed by atoms with Gasteiger partial charge in [-0.15, -0.1) is 0 Å². The van der Waals surface area contributed by atoms with E-state index >= 15 is 0 Å². The predicted octanol–water partition coefficient (Wildman–Crippen LogP) is 5.39. The molecule has 2 saturated heterocycles. The third-order valence-corrected chi connectivity index (χ3v) is 7.05. The molecule has 3 aliphatic rings. The molecule has 2 aromatic rings. The summed E-state index contributed by atoms with van der Waals surface area (Å²) >= 11 is 0. The Morgan fingerprint density at radius 2 is 1.96 bits per heavy atom. The van der Waals surface area contributed by atoms with Crippen molar-refractivity contribution in [3.8, 4) is 0 Å². The monoisotopic (exact) mass is 381 g/mol. The number of benzene rings is 1. The lowest BCUT2D eigenvalue weighted by molar-refractivity contribution is 0.0865. The van der Waals surface area contributed by atoms with Crippen LogP contribution >= 0.6 is 0 Å². The highest BCUT2D eigenvalue weighted by Crippen LogP contribution is 2.39. The summed E-state index contributed by atoms with van der Waals surface area (Å²) in [7, 11) is 0. The van der Waals surface area contributed by atoms with Crippen LogP contribution in [0.2, 0.25) is 0 Å². The number of hydrogen-bond acceptors (Lipinski definition) is 3. The van der Waals surface area contributed by atoms with E-state index in [2.05, 4.69) is 33.5 Å². The molecule has 0 bridgehead atoms. The summed E-state index contributed by atoms with van der Waals surface area (Å²) in [4.78, 5) is 18.4. The van der Waals surface area contributed by atoms with Crippen LogP contribution in [0, 0.1) is 0 Å². The van der Waals surface area contributed by atoms with Crippen LogP contribution in [0.25, 0.3) is 10.9 Å². The maximum absolute atomic E-state index is 12.3. The molecular formula is C23H31N3O2. The highest BCUT2D eigenvalue weighted by Gasteiger charge is 2.33. The fourth-order valence-corrected chi connectivity index (χ4v) is 5.55. The van der Waals surface area contributed by atoms with Crippen LogP contribution in [-0.2, 0) is 4.74 Å². The lowest BCUT2D eigenvalue weighted by atomic mass is 9.85. The standard InChI is InChI=1S/C23H31N3O2/c27-23(28-19-6-2-1-3-7-19)25-17-8-9-22-20(14-17)21(15-24-22)16-10-12-26-11-4-5-18(26)13-16/h8-9,14-16,18-19,24H,1-7,10-13H2,(H,25,27). The van der Waals surface area contributed by atoms with Crippen LogP contribution in [0.1, 0.15) is 69.3 Å². The summed E-state index contributed by atoms with van der Waals surface area (Å²) in [6, 6.07) is 6.91. The first kappa shape index (κ1) is 18.0. The van der Waals surface area contributed by atoms with Crippen LogP contribution < -0.4 is 5.32 Å². The van der Waals surface area contributed by atoms with Gasteiger partial charge in [-0.05, 0) is 94.1 Å². The number of aromatic nitrogens is 1. The highest BCUT2D eigenvalue weighted by molar-refractivity contribution is 5.92. The maximum atomic E-state index is 12.3. The molecule has 0 spiro atoms. The number of carbonyl (C=O) groups excluding carboxylic acids is 1. The number of anilines is 1. The van der Waals surface area contributed by atoms with Gasteiger partial charge in [0.15, 0.2) is 0 Å². The molecule has 150 valence electrons. The summed E-state index contributed by atoms with van der Waals surface area (Å²) in [6.45, 7) is 2.50. The van der Waals surface area contributed by atoms with Gasteiger partial charge in [-0.1, -0.05) is 6.42 Å². The fraction of sp³-hybridized carbons (Fsp3) is 0.609. The van der Waals surface area contributed by atoms with Gasteiger partial charge in [0.2, 0.25) is 0 Å². The lowest BCUT2D eigenvalue weighted by Crippen LogP contribution is -2.37. The highest BCUT2D eigenvalue weighted by atomic mass is 16.6. The van der Waals surface area contributed by atoms with E-state index in [1.807, 2.05) is 6.07 Å². The number of amides is 1. The first-order valence-corrected chi connectivity index (χ1v) is 11.1. The molecular weight excluding hydrogens is 350 g/mol. The van der Waals surface area contributed by atoms with E-state index in [1.165, 1.54) is 56.1 Å². The topological polar surface area (TPSA) is 57.4 Å². The Bertz CT molecular complexity index is 839. The Labute approximate surface area is 166 Å². The Hall–Kier alpha value is -2.01. The van der Waals surface area contributed by atoms with Crippen molar-refractivity contribution in [2.45, 2.75) is 75.9 Å². The Kier molecular flexibility index (Phi) is 5.02. The average Bonchev–Trinajstić information content (AvgIpc) is 3.34. The molecule has 1 aromatic heterocycles. The Morgan fingerprint density at radius 1 is 1.07 bits per heavy atom. The molecule has 1 saturated carbocycles. The second kappa shape index (κ2) is 7.78. The molecule has 2 atom stereocenters. The van der Waals surface area contributed by atoms with Crippen molar-refractivity contribution in [3.63, 3.8) is 0 Å². The van der Waals surface area contributed by atoms with Crippen LogP contribution in [0.4, 0.5) is 10.5 Å². The minimum atomic E-state index is -0.317. The van der Waals surface area contributed by atoms with Gasteiger partial charge in [-0.2, -0.15) is 0 Å². The van der Waals surface area contributed by atoms with Crippen molar-refractivity contribution in [2.75, 3.05) is 18.4 Å². The number of aromatic amines is 1. The molecule has 28 heavy (non-hydrogen) atoms. The number of hydrogen-bond donors (Lipinski definition) is 2. The zero-order chi connectivity index (χ0) is 18.9. The van der Waals surface area contributed by atoms with Crippen molar-refractivity contribution in [1.82, 2.24) is 9.88 Å². The number of fused-ring (bicyclic) bond motifs is 2. The fourth-order valence-electron chi connectivity index (χ4n) is 5.55. The van der Waals surface area contributed by atoms with Gasteiger partial charge >= 0.3 is 6.09 Å². The van der Waals surface area contributed by atoms with Crippen molar-refractivity contribution >= 4 is 22.7 Å². The molecule has 5 rings (SSSR count). The molecule has 1 amide bonds. The normalized spacial score (nSPS) is 26.3. The van der Waals surface area contributed by atoms with Gasteiger partial charge in [0, 0.05) is 28.8 Å². The lowest BCUT2D eigenvalue weighted by Gasteiger charge is -2.34. The average molecular weight is 382 g/mol. The third-order valence-electron chi connectivity index (χ3n) is 7.05. The van der Waals surface area contributed by atoms with Gasteiger partial charge in [0.25, 0.3) is 0 Å². The predicted molar refractivity (Wildman–Crippen MR) is 112 cm³/mol. The van der Waals surface area contributed by atoms with Gasteiger partial charge in [0.1, 0.15) is 6.10 Å². The summed E-state index contributed by atoms with van der Waals surface area (Å²) in [5.74, 6) is 0.609. The first-order chi connectivity index (χ1) is 13.8. The summed E-state index contributed by atoms with van der Waals surface area (Å²) < 4.78 is 5.62. The molecule has 2 unspecified atom stereocenters. The molecule has 1 aliphatic carbocycles. The molecule has 3 fully saturated rings. The van der Waals surface area contributed by atoms with Crippen molar-refractivity contribution in [1.29, 1.82) is 0 Å². The van der Waals surface area contributed by atoms with Crippen LogP contribution in [0.15, 0.2) is 24.4 Å². The molecule has 0 radical (unpaired) electrons. The SMILES string of the molecule is O=C(Nc1ccc2[nH]cc(C3CCN4CCCC4C3)c2c1)OC1CCCCC1. The van der Waals surface area contributed by atoms with Crippen LogP contribution in [0.3, 0.4) is 0 Å². The van der Waals surface area contributed by atoms with Crippen LogP contribution in [0.5, 0.6) is 0 Å². The zero-order valence-corrected chi connectivity index (χ0v) is 16.6. The van der Waals surface area contributed by atoms with E-state index in [0.717, 1.165) is 42.9 Å². The maximum Gasteiger partial charge on any atom is 0.411 e. The quantitative estimate of drug-likeness (QED) is 0.749. The summed E-state index contributed by atoms with van der Waals surface area (Å²) in [6.07, 6.45) is 12.7. The second-order valence-corrected chi connectivity index (χ2v) is 8.85.